The second-order valence-electron chi connectivity index (χ2n) is 6.36. The number of amides is 1. The highest BCUT2D eigenvalue weighted by molar-refractivity contribution is 8.00. The lowest BCUT2D eigenvalue weighted by molar-refractivity contribution is -0.115. The Labute approximate surface area is 166 Å². The Bertz CT molecular complexity index is 1020. The van der Waals surface area contributed by atoms with E-state index in [4.69, 9.17) is 15.3 Å². The average molecular weight is 397 g/mol. The van der Waals surface area contributed by atoms with E-state index in [2.05, 4.69) is 15.5 Å². The summed E-state index contributed by atoms with van der Waals surface area (Å²) in [4.78, 5) is 12.5. The molecule has 2 aromatic carbocycles. The van der Waals surface area contributed by atoms with Crippen molar-refractivity contribution >= 4 is 23.4 Å². The van der Waals surface area contributed by atoms with Gasteiger partial charge in [0.2, 0.25) is 17.9 Å². The number of nitrogens with one attached hydrogen (secondary N) is 1. The van der Waals surface area contributed by atoms with Crippen LogP contribution >= 0.6 is 11.8 Å². The van der Waals surface area contributed by atoms with Gasteiger partial charge in [0.1, 0.15) is 0 Å². The van der Waals surface area contributed by atoms with E-state index in [1.807, 2.05) is 31.2 Å². The van der Waals surface area contributed by atoms with Crippen LogP contribution in [0.15, 0.2) is 47.6 Å². The first kappa shape index (κ1) is 18.2. The fourth-order valence-electron chi connectivity index (χ4n) is 2.69. The van der Waals surface area contributed by atoms with Gasteiger partial charge in [-0.3, -0.25) is 4.79 Å². The molecule has 0 saturated heterocycles. The van der Waals surface area contributed by atoms with Crippen LogP contribution in [0.3, 0.4) is 0 Å². The highest BCUT2D eigenvalue weighted by Gasteiger charge is 2.21. The molecule has 0 spiro atoms. The van der Waals surface area contributed by atoms with E-state index in [1.165, 1.54) is 16.4 Å². The van der Waals surface area contributed by atoms with Crippen molar-refractivity contribution < 1.29 is 14.3 Å². The lowest BCUT2D eigenvalue weighted by Gasteiger charge is -2.12. The lowest BCUT2D eigenvalue weighted by Crippen LogP contribution is -2.23. The molecule has 0 fully saturated rings. The molecule has 1 amide bonds. The van der Waals surface area contributed by atoms with Crippen LogP contribution in [0.4, 0.5) is 5.69 Å². The van der Waals surface area contributed by atoms with Crippen molar-refractivity contribution in [2.24, 2.45) is 0 Å². The number of carbonyl (C=O) groups is 1. The number of benzene rings is 2. The Balaban J connectivity index is 1.44. The molecule has 0 aliphatic carbocycles. The molecule has 2 heterocycles. The molecule has 9 heteroatoms. The number of rotatable bonds is 5. The van der Waals surface area contributed by atoms with Gasteiger partial charge in [0.25, 0.3) is 0 Å². The first-order valence-electron chi connectivity index (χ1n) is 8.66. The SMILES string of the molecule is Cc1ccc(-c2nnc(S[C@H](C)C(=O)Nc3ccc4c(c3)OCO4)n2N)cc1. The number of thioether (sulfide) groups is 1. The number of carbonyl (C=O) groups excluding carboxylic acids is 1. The maximum absolute atomic E-state index is 12.5. The summed E-state index contributed by atoms with van der Waals surface area (Å²) in [5.74, 6) is 7.80. The van der Waals surface area contributed by atoms with E-state index in [1.54, 1.807) is 25.1 Å². The molecule has 1 atom stereocenters. The van der Waals surface area contributed by atoms with Gasteiger partial charge in [-0.1, -0.05) is 41.6 Å². The summed E-state index contributed by atoms with van der Waals surface area (Å²) in [6.07, 6.45) is 0. The summed E-state index contributed by atoms with van der Waals surface area (Å²) < 4.78 is 12.0. The quantitative estimate of drug-likeness (QED) is 0.504. The third-order valence-electron chi connectivity index (χ3n) is 4.27. The van der Waals surface area contributed by atoms with E-state index in [0.717, 1.165) is 11.1 Å². The third-order valence-corrected chi connectivity index (χ3v) is 5.32. The molecule has 4 rings (SSSR count). The fourth-order valence-corrected chi connectivity index (χ4v) is 3.46. The number of hydrogen-bond acceptors (Lipinski definition) is 7. The van der Waals surface area contributed by atoms with Crippen LogP contribution in [0.1, 0.15) is 12.5 Å². The molecule has 1 aromatic heterocycles. The smallest absolute Gasteiger partial charge is 0.237 e. The Morgan fingerprint density at radius 2 is 1.93 bits per heavy atom. The van der Waals surface area contributed by atoms with Crippen LogP contribution in [0.5, 0.6) is 11.5 Å². The van der Waals surface area contributed by atoms with Crippen LogP contribution in [0, 0.1) is 6.92 Å². The number of nitrogens with zero attached hydrogens (tertiary/aromatic N) is 3. The number of anilines is 1. The molecule has 8 nitrogen and oxygen atoms in total. The number of aryl methyl sites for hydroxylation is 1. The Kier molecular flexibility index (Phi) is 4.82. The topological polar surface area (TPSA) is 104 Å². The van der Waals surface area contributed by atoms with Crippen molar-refractivity contribution in [3.63, 3.8) is 0 Å². The van der Waals surface area contributed by atoms with Gasteiger partial charge >= 0.3 is 0 Å². The second kappa shape index (κ2) is 7.43. The highest BCUT2D eigenvalue weighted by atomic mass is 32.2. The summed E-state index contributed by atoms with van der Waals surface area (Å²) in [6, 6.07) is 13.1. The largest absolute Gasteiger partial charge is 0.454 e. The van der Waals surface area contributed by atoms with Crippen molar-refractivity contribution in [1.29, 1.82) is 0 Å². The molecule has 0 unspecified atom stereocenters. The maximum Gasteiger partial charge on any atom is 0.237 e. The van der Waals surface area contributed by atoms with E-state index in [0.29, 0.717) is 28.2 Å². The molecule has 0 radical (unpaired) electrons. The first-order valence-corrected chi connectivity index (χ1v) is 9.54. The van der Waals surface area contributed by atoms with Gasteiger partial charge in [-0.05, 0) is 26.0 Å². The van der Waals surface area contributed by atoms with E-state index < -0.39 is 5.25 Å². The molecule has 1 aliphatic rings. The van der Waals surface area contributed by atoms with Gasteiger partial charge in [-0.25, -0.2) is 4.68 Å². The predicted octanol–water partition coefficient (Wildman–Crippen LogP) is 2.82. The Morgan fingerprint density at radius 1 is 1.18 bits per heavy atom. The monoisotopic (exact) mass is 397 g/mol. The van der Waals surface area contributed by atoms with Gasteiger partial charge in [-0.15, -0.1) is 10.2 Å². The molecular weight excluding hydrogens is 378 g/mol. The van der Waals surface area contributed by atoms with Crippen LogP contribution < -0.4 is 20.6 Å². The van der Waals surface area contributed by atoms with Gasteiger partial charge in [0.05, 0.1) is 5.25 Å². The van der Waals surface area contributed by atoms with Crippen molar-refractivity contribution in [1.82, 2.24) is 14.9 Å². The molecule has 144 valence electrons. The van der Waals surface area contributed by atoms with Crippen molar-refractivity contribution in [3.8, 4) is 22.9 Å². The minimum absolute atomic E-state index is 0.177. The number of aromatic nitrogens is 3. The summed E-state index contributed by atoms with van der Waals surface area (Å²) in [7, 11) is 0. The van der Waals surface area contributed by atoms with E-state index in [-0.39, 0.29) is 12.7 Å². The number of ether oxygens (including phenoxy) is 2. The van der Waals surface area contributed by atoms with Crippen LogP contribution in [-0.4, -0.2) is 32.8 Å². The minimum Gasteiger partial charge on any atom is -0.454 e. The van der Waals surface area contributed by atoms with Gasteiger partial charge in [0, 0.05) is 17.3 Å². The van der Waals surface area contributed by atoms with Crippen molar-refractivity contribution in [2.45, 2.75) is 24.3 Å². The normalized spacial score (nSPS) is 13.4. The van der Waals surface area contributed by atoms with Crippen molar-refractivity contribution in [2.75, 3.05) is 18.0 Å². The van der Waals surface area contributed by atoms with Crippen LogP contribution in [-0.2, 0) is 4.79 Å². The molecular formula is C19H19N5O3S. The van der Waals surface area contributed by atoms with E-state index >= 15 is 0 Å². The van der Waals surface area contributed by atoms with E-state index in [9.17, 15) is 4.79 Å². The molecule has 0 saturated carbocycles. The van der Waals surface area contributed by atoms with Crippen molar-refractivity contribution in [3.05, 3.63) is 48.0 Å². The predicted molar refractivity (Wildman–Crippen MR) is 107 cm³/mol. The fraction of sp³-hybridized carbons (Fsp3) is 0.211. The summed E-state index contributed by atoms with van der Waals surface area (Å²) in [5.41, 5.74) is 2.65. The molecule has 1 aliphatic heterocycles. The maximum atomic E-state index is 12.5. The summed E-state index contributed by atoms with van der Waals surface area (Å²) in [5, 5.41) is 11.2. The molecule has 3 aromatic rings. The zero-order chi connectivity index (χ0) is 19.7. The van der Waals surface area contributed by atoms with Crippen LogP contribution in [0.2, 0.25) is 0 Å². The Morgan fingerprint density at radius 3 is 2.71 bits per heavy atom. The Hall–Kier alpha value is -3.20. The zero-order valence-corrected chi connectivity index (χ0v) is 16.2. The third kappa shape index (κ3) is 3.61. The average Bonchev–Trinajstić information content (AvgIpc) is 3.29. The minimum atomic E-state index is -0.428. The summed E-state index contributed by atoms with van der Waals surface area (Å²) >= 11 is 1.24. The van der Waals surface area contributed by atoms with Crippen LogP contribution in [0.25, 0.3) is 11.4 Å². The number of nitrogen functional groups attached to an aromatic ring is 1. The second-order valence-corrected chi connectivity index (χ2v) is 7.67. The van der Waals surface area contributed by atoms with Gasteiger partial charge < -0.3 is 20.6 Å². The standard InChI is InChI=1S/C19H19N5O3S/c1-11-3-5-13(6-4-11)17-22-23-19(24(17)20)28-12(2)18(25)21-14-7-8-15-16(9-14)27-10-26-15/h3-9,12H,10,20H2,1-2H3,(H,21,25)/t12-/m1/s1. The number of hydrogen-bond donors (Lipinski definition) is 2. The molecule has 28 heavy (non-hydrogen) atoms. The zero-order valence-electron chi connectivity index (χ0n) is 15.4. The highest BCUT2D eigenvalue weighted by Crippen LogP contribution is 2.34. The number of nitrogens with two attached hydrogens (primary N) is 1. The lowest BCUT2D eigenvalue weighted by atomic mass is 10.1. The summed E-state index contributed by atoms with van der Waals surface area (Å²) in [6.45, 7) is 3.99. The molecule has 3 N–H and O–H groups in total. The van der Waals surface area contributed by atoms with Gasteiger partial charge in [-0.2, -0.15) is 0 Å². The first-order chi connectivity index (χ1) is 13.5. The van der Waals surface area contributed by atoms with Gasteiger partial charge in [0.15, 0.2) is 17.3 Å². The number of fused-ring (bicyclic) bond motifs is 1. The molecule has 0 bridgehead atoms.